The predicted molar refractivity (Wildman–Crippen MR) is 130 cm³/mol. The van der Waals surface area contributed by atoms with Gasteiger partial charge in [0.1, 0.15) is 0 Å². The van der Waals surface area contributed by atoms with Crippen LogP contribution in [0.2, 0.25) is 0 Å². The lowest BCUT2D eigenvalue weighted by molar-refractivity contribution is 0.0950. The molecule has 2 heterocycles. The number of aromatic nitrogens is 2. The average Bonchev–Trinajstić information content (AvgIpc) is 2.85. The van der Waals surface area contributed by atoms with Crippen molar-refractivity contribution in [2.45, 2.75) is 23.3 Å². The predicted octanol–water partition coefficient (Wildman–Crippen LogP) is 5.93. The molecule has 32 heavy (non-hydrogen) atoms. The zero-order valence-electron chi connectivity index (χ0n) is 17.8. The molecule has 0 bridgehead atoms. The summed E-state index contributed by atoms with van der Waals surface area (Å²) in [6.07, 6.45) is 5.22. The third kappa shape index (κ3) is 5.13. The van der Waals surface area contributed by atoms with Crippen molar-refractivity contribution in [3.63, 3.8) is 0 Å². The summed E-state index contributed by atoms with van der Waals surface area (Å²) in [4.78, 5) is 23.2. The Kier molecular flexibility index (Phi) is 6.78. The van der Waals surface area contributed by atoms with Crippen molar-refractivity contribution in [1.29, 1.82) is 0 Å². The van der Waals surface area contributed by atoms with Crippen LogP contribution in [-0.2, 0) is 6.54 Å². The molecule has 0 atom stereocenters. The second-order valence-corrected chi connectivity index (χ2v) is 8.39. The summed E-state index contributed by atoms with van der Waals surface area (Å²) in [6, 6.07) is 23.6. The highest BCUT2D eigenvalue weighted by atomic mass is 32.2. The molecule has 4 nitrogen and oxygen atoms in total. The number of amides is 1. The van der Waals surface area contributed by atoms with Crippen molar-refractivity contribution in [2.75, 3.05) is 0 Å². The van der Waals surface area contributed by atoms with Crippen molar-refractivity contribution >= 4 is 23.2 Å². The topological polar surface area (TPSA) is 54.9 Å². The Morgan fingerprint density at radius 1 is 0.938 bits per heavy atom. The van der Waals surface area contributed by atoms with E-state index in [1.54, 1.807) is 30.4 Å². The molecule has 2 aromatic heterocycles. The molecule has 4 rings (SSSR count). The highest BCUT2D eigenvalue weighted by Gasteiger charge is 2.13. The van der Waals surface area contributed by atoms with E-state index in [2.05, 4.69) is 34.0 Å². The van der Waals surface area contributed by atoms with Crippen LogP contribution in [-0.4, -0.2) is 15.9 Å². The summed E-state index contributed by atoms with van der Waals surface area (Å²) in [7, 11) is 0. The molecule has 0 aliphatic rings. The smallest absolute Gasteiger partial charge is 0.251 e. The van der Waals surface area contributed by atoms with Crippen molar-refractivity contribution in [3.05, 3.63) is 126 Å². The molecular weight excluding hydrogens is 414 g/mol. The van der Waals surface area contributed by atoms with Gasteiger partial charge in [-0.05, 0) is 72.1 Å². The lowest BCUT2D eigenvalue weighted by Crippen LogP contribution is -2.22. The van der Waals surface area contributed by atoms with E-state index in [1.165, 1.54) is 0 Å². The Hall–Kier alpha value is -3.70. The number of rotatable bonds is 7. The lowest BCUT2D eigenvalue weighted by Gasteiger charge is -2.13. The first-order chi connectivity index (χ1) is 15.6. The minimum Gasteiger partial charge on any atom is -0.348 e. The quantitative estimate of drug-likeness (QED) is 0.389. The summed E-state index contributed by atoms with van der Waals surface area (Å²) in [5.74, 6) is -0.0922. The molecular formula is C27H23N3OS. The second-order valence-electron chi connectivity index (χ2n) is 7.31. The van der Waals surface area contributed by atoms with Gasteiger partial charge in [0.2, 0.25) is 0 Å². The molecule has 0 spiro atoms. The van der Waals surface area contributed by atoms with E-state index in [-0.39, 0.29) is 5.91 Å². The standard InChI is InChI=1S/C27H23N3OS/c1-19-17-22(27(31)30-18-21-12-15-28-16-13-21)10-11-25(19)32-26-9-4-3-7-23(26)20(2)24-8-5-6-14-29-24/h3-17H,2,18H2,1H3,(H,30,31). The molecule has 0 aliphatic heterocycles. The van der Waals surface area contributed by atoms with Gasteiger partial charge in [-0.1, -0.05) is 42.6 Å². The maximum atomic E-state index is 12.6. The molecule has 5 heteroatoms. The third-order valence-electron chi connectivity index (χ3n) is 5.05. The molecule has 1 N–H and O–H groups in total. The molecule has 0 fully saturated rings. The van der Waals surface area contributed by atoms with E-state index in [0.717, 1.165) is 37.7 Å². The van der Waals surface area contributed by atoms with Gasteiger partial charge in [0.25, 0.3) is 5.91 Å². The van der Waals surface area contributed by atoms with E-state index < -0.39 is 0 Å². The average molecular weight is 438 g/mol. The number of aryl methyl sites for hydroxylation is 1. The largest absolute Gasteiger partial charge is 0.348 e. The summed E-state index contributed by atoms with van der Waals surface area (Å²) >= 11 is 1.67. The minimum absolute atomic E-state index is 0.0922. The number of nitrogens with one attached hydrogen (secondary N) is 1. The first-order valence-corrected chi connectivity index (χ1v) is 11.1. The number of carbonyl (C=O) groups excluding carboxylic acids is 1. The van der Waals surface area contributed by atoms with Crippen LogP contribution in [0.25, 0.3) is 5.57 Å². The van der Waals surface area contributed by atoms with Gasteiger partial charge in [0.05, 0.1) is 5.69 Å². The zero-order chi connectivity index (χ0) is 22.3. The van der Waals surface area contributed by atoms with Crippen LogP contribution in [0.15, 0.2) is 108 Å². The van der Waals surface area contributed by atoms with Crippen molar-refractivity contribution in [1.82, 2.24) is 15.3 Å². The van der Waals surface area contributed by atoms with E-state index in [9.17, 15) is 4.79 Å². The van der Waals surface area contributed by atoms with E-state index in [0.29, 0.717) is 12.1 Å². The monoisotopic (exact) mass is 437 g/mol. The van der Waals surface area contributed by atoms with Crippen LogP contribution < -0.4 is 5.32 Å². The molecule has 158 valence electrons. The highest BCUT2D eigenvalue weighted by molar-refractivity contribution is 7.99. The molecule has 4 aromatic rings. The molecule has 0 unspecified atom stereocenters. The normalized spacial score (nSPS) is 10.5. The molecule has 2 aromatic carbocycles. The first kappa shape index (κ1) is 21.5. The first-order valence-electron chi connectivity index (χ1n) is 10.3. The lowest BCUT2D eigenvalue weighted by atomic mass is 10.0. The van der Waals surface area contributed by atoms with Gasteiger partial charge in [-0.25, -0.2) is 0 Å². The van der Waals surface area contributed by atoms with Gasteiger partial charge >= 0.3 is 0 Å². The number of pyridine rings is 2. The van der Waals surface area contributed by atoms with Crippen LogP contribution >= 0.6 is 11.8 Å². The summed E-state index contributed by atoms with van der Waals surface area (Å²) < 4.78 is 0. The number of benzene rings is 2. The number of carbonyl (C=O) groups is 1. The SMILES string of the molecule is C=C(c1ccccn1)c1ccccc1Sc1ccc(C(=O)NCc2ccncc2)cc1C. The van der Waals surface area contributed by atoms with Gasteiger partial charge in [-0.3, -0.25) is 14.8 Å². The van der Waals surface area contributed by atoms with Crippen LogP contribution in [0, 0.1) is 6.92 Å². The van der Waals surface area contributed by atoms with E-state index in [4.69, 9.17) is 0 Å². The highest BCUT2D eigenvalue weighted by Crippen LogP contribution is 2.36. The van der Waals surface area contributed by atoms with Gasteiger partial charge in [-0.15, -0.1) is 0 Å². The third-order valence-corrected chi connectivity index (χ3v) is 6.30. The van der Waals surface area contributed by atoms with E-state index >= 15 is 0 Å². The fourth-order valence-electron chi connectivity index (χ4n) is 3.29. The van der Waals surface area contributed by atoms with Crippen LogP contribution in [0.5, 0.6) is 0 Å². The molecule has 0 radical (unpaired) electrons. The molecule has 0 saturated carbocycles. The Morgan fingerprint density at radius 3 is 2.47 bits per heavy atom. The Morgan fingerprint density at radius 2 is 1.72 bits per heavy atom. The Labute approximate surface area is 192 Å². The minimum atomic E-state index is -0.0922. The van der Waals surface area contributed by atoms with Gasteiger partial charge in [0, 0.05) is 46.1 Å². The summed E-state index contributed by atoms with van der Waals surface area (Å²) in [5, 5.41) is 2.96. The van der Waals surface area contributed by atoms with Crippen molar-refractivity contribution < 1.29 is 4.79 Å². The van der Waals surface area contributed by atoms with Crippen LogP contribution in [0.4, 0.5) is 0 Å². The Bertz CT molecular complexity index is 1240. The van der Waals surface area contributed by atoms with E-state index in [1.807, 2.05) is 67.6 Å². The fourth-order valence-corrected chi connectivity index (χ4v) is 4.33. The van der Waals surface area contributed by atoms with Gasteiger partial charge in [0.15, 0.2) is 0 Å². The molecule has 0 saturated heterocycles. The number of hydrogen-bond acceptors (Lipinski definition) is 4. The van der Waals surface area contributed by atoms with Crippen molar-refractivity contribution in [3.8, 4) is 0 Å². The zero-order valence-corrected chi connectivity index (χ0v) is 18.6. The number of hydrogen-bond donors (Lipinski definition) is 1. The maximum absolute atomic E-state index is 12.6. The van der Waals surface area contributed by atoms with Gasteiger partial charge < -0.3 is 5.32 Å². The number of nitrogens with zero attached hydrogens (tertiary/aromatic N) is 2. The van der Waals surface area contributed by atoms with Crippen molar-refractivity contribution in [2.24, 2.45) is 0 Å². The maximum Gasteiger partial charge on any atom is 0.251 e. The van der Waals surface area contributed by atoms with Crippen LogP contribution in [0.1, 0.15) is 32.7 Å². The molecule has 0 aliphatic carbocycles. The Balaban J connectivity index is 1.50. The fraction of sp³-hybridized carbons (Fsp3) is 0.0741. The summed E-state index contributed by atoms with van der Waals surface area (Å²) in [5.41, 5.74) is 5.51. The second kappa shape index (κ2) is 10.1. The summed E-state index contributed by atoms with van der Waals surface area (Å²) in [6.45, 7) is 6.77. The van der Waals surface area contributed by atoms with Crippen LogP contribution in [0.3, 0.4) is 0 Å². The van der Waals surface area contributed by atoms with Gasteiger partial charge in [-0.2, -0.15) is 0 Å². The molecule has 1 amide bonds.